The molecule has 1 atom stereocenters. The van der Waals surface area contributed by atoms with Crippen molar-refractivity contribution in [2.24, 2.45) is 5.92 Å². The Morgan fingerprint density at radius 2 is 2.26 bits per heavy atom. The first kappa shape index (κ1) is 14.0. The van der Waals surface area contributed by atoms with Crippen LogP contribution in [0.3, 0.4) is 0 Å². The molecule has 3 nitrogen and oxygen atoms in total. The van der Waals surface area contributed by atoms with E-state index in [1.807, 2.05) is 13.0 Å². The van der Waals surface area contributed by atoms with E-state index in [1.165, 1.54) is 32.1 Å². The zero-order valence-corrected chi connectivity index (χ0v) is 11.4. The van der Waals surface area contributed by atoms with Crippen LogP contribution < -0.4 is 5.32 Å². The molecule has 1 aromatic rings. The van der Waals surface area contributed by atoms with E-state index in [0.29, 0.717) is 12.3 Å². The normalized spacial score (nSPS) is 17.8. The Hall–Kier alpha value is -1.42. The van der Waals surface area contributed by atoms with Crippen LogP contribution in [0.15, 0.2) is 24.3 Å². The molecule has 4 heteroatoms. The van der Waals surface area contributed by atoms with E-state index >= 15 is 0 Å². The fourth-order valence-electron chi connectivity index (χ4n) is 2.18. The number of hydrogen-bond donors (Lipinski definition) is 1. The van der Waals surface area contributed by atoms with E-state index in [2.05, 4.69) is 5.32 Å². The lowest BCUT2D eigenvalue weighted by atomic mass is 9.92. The number of nitrogens with one attached hydrogen (secondary N) is 1. The van der Waals surface area contributed by atoms with Gasteiger partial charge in [0.15, 0.2) is 0 Å². The predicted molar refractivity (Wildman–Crippen MR) is 71.3 cm³/mol. The second-order valence-electron chi connectivity index (χ2n) is 5.45. The largest absolute Gasteiger partial charge is 0.468 e. The summed E-state index contributed by atoms with van der Waals surface area (Å²) in [4.78, 5) is 12.0. The summed E-state index contributed by atoms with van der Waals surface area (Å²) in [6.07, 6.45) is 2.85. The highest BCUT2D eigenvalue weighted by Gasteiger charge is 2.36. The maximum atomic E-state index is 13.2. The van der Waals surface area contributed by atoms with Gasteiger partial charge in [-0.25, -0.2) is 4.39 Å². The van der Waals surface area contributed by atoms with Crippen LogP contribution in [0.1, 0.15) is 25.3 Å². The van der Waals surface area contributed by atoms with E-state index in [9.17, 15) is 9.18 Å². The minimum Gasteiger partial charge on any atom is -0.468 e. The van der Waals surface area contributed by atoms with Gasteiger partial charge in [0.1, 0.15) is 11.4 Å². The maximum absolute atomic E-state index is 13.2. The average Bonchev–Trinajstić information content (AvgIpc) is 3.19. The molecular formula is C15H20FNO2. The predicted octanol–water partition coefficient (Wildman–Crippen LogP) is 2.30. The van der Waals surface area contributed by atoms with Crippen LogP contribution >= 0.6 is 0 Å². The van der Waals surface area contributed by atoms with Gasteiger partial charge in [-0.3, -0.25) is 4.79 Å². The Bertz CT molecular complexity index is 459. The first-order valence-corrected chi connectivity index (χ1v) is 6.61. The van der Waals surface area contributed by atoms with Gasteiger partial charge >= 0.3 is 5.97 Å². The molecule has 1 saturated carbocycles. The molecule has 0 heterocycles. The van der Waals surface area contributed by atoms with Crippen molar-refractivity contribution in [2.75, 3.05) is 13.7 Å². The van der Waals surface area contributed by atoms with Crippen LogP contribution in [0.4, 0.5) is 4.39 Å². The van der Waals surface area contributed by atoms with Gasteiger partial charge in [0, 0.05) is 6.42 Å². The van der Waals surface area contributed by atoms with Gasteiger partial charge < -0.3 is 10.1 Å². The molecule has 19 heavy (non-hydrogen) atoms. The molecule has 0 saturated heterocycles. The highest BCUT2D eigenvalue weighted by atomic mass is 19.1. The lowest BCUT2D eigenvalue weighted by Gasteiger charge is -2.28. The van der Waals surface area contributed by atoms with Crippen LogP contribution in [-0.2, 0) is 16.0 Å². The smallest absolute Gasteiger partial charge is 0.326 e. The van der Waals surface area contributed by atoms with Gasteiger partial charge in [0.05, 0.1) is 7.11 Å². The number of esters is 1. The Morgan fingerprint density at radius 1 is 1.53 bits per heavy atom. The highest BCUT2D eigenvalue weighted by molar-refractivity contribution is 5.80. The standard InChI is InChI=1S/C15H20FNO2/c1-15(14(18)19-2,17-10-11-6-7-11)9-12-4-3-5-13(16)8-12/h3-5,8,11,17H,6-7,9-10H2,1-2H3. The number of benzene rings is 1. The number of carbonyl (C=O) groups excluding carboxylic acids is 1. The maximum Gasteiger partial charge on any atom is 0.326 e. The fraction of sp³-hybridized carbons (Fsp3) is 0.533. The van der Waals surface area contributed by atoms with Crippen molar-refractivity contribution in [2.45, 2.75) is 31.7 Å². The van der Waals surface area contributed by atoms with Crippen molar-refractivity contribution in [1.82, 2.24) is 5.32 Å². The summed E-state index contributed by atoms with van der Waals surface area (Å²) in [5, 5.41) is 3.28. The van der Waals surface area contributed by atoms with Crippen molar-refractivity contribution < 1.29 is 13.9 Å². The monoisotopic (exact) mass is 265 g/mol. The van der Waals surface area contributed by atoms with Crippen LogP contribution in [0.25, 0.3) is 0 Å². The fourth-order valence-corrected chi connectivity index (χ4v) is 2.18. The van der Waals surface area contributed by atoms with Gasteiger partial charge in [-0.15, -0.1) is 0 Å². The van der Waals surface area contributed by atoms with Crippen molar-refractivity contribution in [3.05, 3.63) is 35.6 Å². The zero-order chi connectivity index (χ0) is 13.9. The number of ether oxygens (including phenoxy) is 1. The molecule has 1 aromatic carbocycles. The van der Waals surface area contributed by atoms with Gasteiger partial charge in [-0.05, 0) is 49.9 Å². The molecule has 1 aliphatic rings. The topological polar surface area (TPSA) is 38.3 Å². The Morgan fingerprint density at radius 3 is 2.84 bits per heavy atom. The van der Waals surface area contributed by atoms with E-state index in [1.54, 1.807) is 6.07 Å². The molecular weight excluding hydrogens is 245 g/mol. The quantitative estimate of drug-likeness (QED) is 0.802. The molecule has 0 bridgehead atoms. The van der Waals surface area contributed by atoms with Crippen molar-refractivity contribution in [3.8, 4) is 0 Å². The van der Waals surface area contributed by atoms with Gasteiger partial charge in [-0.2, -0.15) is 0 Å². The number of halogens is 1. The van der Waals surface area contributed by atoms with Crippen LogP contribution in [0, 0.1) is 11.7 Å². The minimum atomic E-state index is -0.800. The van der Waals surface area contributed by atoms with E-state index < -0.39 is 5.54 Å². The van der Waals surface area contributed by atoms with Gasteiger partial charge in [-0.1, -0.05) is 12.1 Å². The van der Waals surface area contributed by atoms with Gasteiger partial charge in [0.2, 0.25) is 0 Å². The average molecular weight is 265 g/mol. The highest BCUT2D eigenvalue weighted by Crippen LogP contribution is 2.29. The number of carbonyl (C=O) groups is 1. The molecule has 0 radical (unpaired) electrons. The molecule has 1 fully saturated rings. The summed E-state index contributed by atoms with van der Waals surface area (Å²) in [5.74, 6) is 0.0702. The molecule has 0 aliphatic heterocycles. The van der Waals surface area contributed by atoms with E-state index in [4.69, 9.17) is 4.74 Å². The second kappa shape index (κ2) is 5.70. The molecule has 1 N–H and O–H groups in total. The third-order valence-electron chi connectivity index (χ3n) is 3.56. The van der Waals surface area contributed by atoms with Crippen LogP contribution in [-0.4, -0.2) is 25.2 Å². The SMILES string of the molecule is COC(=O)C(C)(Cc1cccc(F)c1)NCC1CC1. The lowest BCUT2D eigenvalue weighted by Crippen LogP contribution is -2.52. The zero-order valence-electron chi connectivity index (χ0n) is 11.4. The molecule has 104 valence electrons. The summed E-state index contributed by atoms with van der Waals surface area (Å²) in [6.45, 7) is 2.62. The summed E-state index contributed by atoms with van der Waals surface area (Å²) < 4.78 is 18.1. The summed E-state index contributed by atoms with van der Waals surface area (Å²) in [6, 6.07) is 6.34. The van der Waals surface area contributed by atoms with Crippen molar-refractivity contribution in [3.63, 3.8) is 0 Å². The number of methoxy groups -OCH3 is 1. The molecule has 2 rings (SSSR count). The molecule has 0 spiro atoms. The Labute approximate surface area is 113 Å². The second-order valence-corrected chi connectivity index (χ2v) is 5.45. The molecule has 0 amide bonds. The minimum absolute atomic E-state index is 0.285. The first-order valence-electron chi connectivity index (χ1n) is 6.61. The Balaban J connectivity index is 2.09. The summed E-state index contributed by atoms with van der Waals surface area (Å²) in [7, 11) is 1.38. The number of hydrogen-bond acceptors (Lipinski definition) is 3. The Kier molecular flexibility index (Phi) is 4.20. The first-order chi connectivity index (χ1) is 9.03. The summed E-state index contributed by atoms with van der Waals surface area (Å²) in [5.41, 5.74) is -0.0123. The summed E-state index contributed by atoms with van der Waals surface area (Å²) >= 11 is 0. The molecule has 0 aromatic heterocycles. The van der Waals surface area contributed by atoms with Crippen LogP contribution in [0.5, 0.6) is 0 Å². The lowest BCUT2D eigenvalue weighted by molar-refractivity contribution is -0.147. The van der Waals surface area contributed by atoms with Crippen molar-refractivity contribution in [1.29, 1.82) is 0 Å². The van der Waals surface area contributed by atoms with Crippen molar-refractivity contribution >= 4 is 5.97 Å². The van der Waals surface area contributed by atoms with E-state index in [-0.39, 0.29) is 11.8 Å². The van der Waals surface area contributed by atoms with E-state index in [0.717, 1.165) is 12.1 Å². The molecule has 1 aliphatic carbocycles. The third kappa shape index (κ3) is 3.77. The van der Waals surface area contributed by atoms with Gasteiger partial charge in [0.25, 0.3) is 0 Å². The third-order valence-corrected chi connectivity index (χ3v) is 3.56. The number of rotatable bonds is 6. The molecule has 1 unspecified atom stereocenters. The van der Waals surface area contributed by atoms with Crippen LogP contribution in [0.2, 0.25) is 0 Å².